The number of anilines is 2. The first-order valence-corrected chi connectivity index (χ1v) is 13.0. The Morgan fingerprint density at radius 3 is 2.72 bits per heavy atom. The lowest BCUT2D eigenvalue weighted by molar-refractivity contribution is 0.0697. The van der Waals surface area contributed by atoms with E-state index in [4.69, 9.17) is 4.42 Å². The van der Waals surface area contributed by atoms with Crippen LogP contribution in [0.5, 0.6) is 5.75 Å². The van der Waals surface area contributed by atoms with Gasteiger partial charge in [0.1, 0.15) is 17.1 Å². The first-order valence-electron chi connectivity index (χ1n) is 13.0. The van der Waals surface area contributed by atoms with E-state index in [1.165, 1.54) is 17.7 Å². The van der Waals surface area contributed by atoms with Crippen LogP contribution in [0.3, 0.4) is 0 Å². The number of benzene rings is 4. The third-order valence-corrected chi connectivity index (χ3v) is 7.54. The number of aromatic hydroxyl groups is 1. The van der Waals surface area contributed by atoms with Gasteiger partial charge in [0.2, 0.25) is 0 Å². The molecule has 0 aromatic heterocycles. The van der Waals surface area contributed by atoms with E-state index >= 15 is 0 Å². The molecule has 0 radical (unpaired) electrons. The Balaban J connectivity index is 1.55. The van der Waals surface area contributed by atoms with Crippen molar-refractivity contribution in [2.24, 2.45) is 0 Å². The first kappa shape index (κ1) is 24.6. The Morgan fingerprint density at radius 2 is 1.90 bits per heavy atom. The monoisotopic (exact) mass is 520 g/mol. The zero-order valence-corrected chi connectivity index (χ0v) is 21.7. The number of hydrogen-bond donors (Lipinski definition) is 4. The van der Waals surface area contributed by atoms with Gasteiger partial charge in [0.25, 0.3) is 0 Å². The van der Waals surface area contributed by atoms with Crippen molar-refractivity contribution in [2.45, 2.75) is 39.3 Å². The second kappa shape index (κ2) is 9.51. The quantitative estimate of drug-likeness (QED) is 0.192. The highest BCUT2D eigenvalue weighted by Gasteiger charge is 2.25. The van der Waals surface area contributed by atoms with Crippen LogP contribution in [0.1, 0.15) is 40.4 Å². The lowest BCUT2D eigenvalue weighted by atomic mass is 9.89. The van der Waals surface area contributed by atoms with Crippen molar-refractivity contribution < 1.29 is 19.4 Å². The van der Waals surface area contributed by atoms with E-state index in [0.717, 1.165) is 24.2 Å². The minimum Gasteiger partial charge on any atom is -0.508 e. The average molecular weight is 521 g/mol. The fraction of sp³-hybridized carbons (Fsp3) is 0.188. The van der Waals surface area contributed by atoms with Crippen LogP contribution in [-0.4, -0.2) is 22.2 Å². The molecule has 2 aliphatic heterocycles. The molecule has 4 N–H and O–H groups in total. The van der Waals surface area contributed by atoms with Crippen molar-refractivity contribution in [1.82, 2.24) is 0 Å². The third kappa shape index (κ3) is 4.26. The van der Waals surface area contributed by atoms with Crippen LogP contribution in [0.2, 0.25) is 0 Å². The van der Waals surface area contributed by atoms with Crippen molar-refractivity contribution in [1.29, 1.82) is 0 Å². The average Bonchev–Trinajstić information content (AvgIpc) is 2.92. The molecule has 7 nitrogen and oxygen atoms in total. The molecule has 196 valence electrons. The Morgan fingerprint density at radius 1 is 1.08 bits per heavy atom. The molecule has 3 aliphatic rings. The summed E-state index contributed by atoms with van der Waals surface area (Å²) in [5, 5.41) is 28.1. The van der Waals surface area contributed by atoms with Gasteiger partial charge in [-0.15, -0.1) is 0 Å². The fourth-order valence-corrected chi connectivity index (χ4v) is 5.48. The Hall–Kier alpha value is -4.78. The maximum atomic E-state index is 13.2. The van der Waals surface area contributed by atoms with Crippen LogP contribution < -0.4 is 16.1 Å². The summed E-state index contributed by atoms with van der Waals surface area (Å²) in [4.78, 5) is 25.4. The van der Waals surface area contributed by atoms with E-state index in [-0.39, 0.29) is 23.3 Å². The van der Waals surface area contributed by atoms with E-state index in [9.17, 15) is 19.8 Å². The molecule has 2 heterocycles. The van der Waals surface area contributed by atoms with Crippen molar-refractivity contribution in [3.05, 3.63) is 99.2 Å². The highest BCUT2D eigenvalue weighted by atomic mass is 16.4. The minimum absolute atomic E-state index is 0.0529. The van der Waals surface area contributed by atoms with Crippen LogP contribution >= 0.6 is 0 Å². The van der Waals surface area contributed by atoms with Gasteiger partial charge in [-0.1, -0.05) is 30.3 Å². The van der Waals surface area contributed by atoms with Gasteiger partial charge in [-0.2, -0.15) is 0 Å². The summed E-state index contributed by atoms with van der Waals surface area (Å²) < 4.78 is 6.31. The summed E-state index contributed by atoms with van der Waals surface area (Å²) in [6, 6.07) is 19.7. The number of phenolic OH excluding ortho intramolecular Hbond substituents is 1. The number of para-hydroxylation sites is 1. The molecular weight excluding hydrogens is 492 g/mol. The van der Waals surface area contributed by atoms with Crippen molar-refractivity contribution in [3.8, 4) is 28.2 Å². The number of carboxylic acid groups (broad SMARTS) is 1. The normalized spacial score (nSPS) is 14.7. The predicted octanol–water partition coefficient (Wildman–Crippen LogP) is 6.64. The number of phenols is 1. The van der Waals surface area contributed by atoms with E-state index in [0.29, 0.717) is 50.6 Å². The summed E-state index contributed by atoms with van der Waals surface area (Å²) in [5.74, 6) is -0.648. The molecule has 1 atom stereocenters. The molecular formula is C32H28N2O5. The van der Waals surface area contributed by atoms with Crippen molar-refractivity contribution in [3.63, 3.8) is 0 Å². The molecule has 0 fully saturated rings. The second-order valence-corrected chi connectivity index (χ2v) is 10.2. The molecule has 1 aliphatic carbocycles. The number of fused-ring (bicyclic) bond motifs is 3. The van der Waals surface area contributed by atoms with Crippen LogP contribution in [0.25, 0.3) is 33.4 Å². The van der Waals surface area contributed by atoms with Gasteiger partial charge in [-0.3, -0.25) is 4.79 Å². The van der Waals surface area contributed by atoms with Gasteiger partial charge in [0.15, 0.2) is 5.43 Å². The molecule has 0 amide bonds. The number of hydrogen-bond acceptors (Lipinski definition) is 6. The number of carboxylic acids is 1. The summed E-state index contributed by atoms with van der Waals surface area (Å²) in [6.07, 6.45) is 2.04. The van der Waals surface area contributed by atoms with Crippen molar-refractivity contribution >= 4 is 28.3 Å². The number of rotatable bonds is 5. The van der Waals surface area contributed by atoms with E-state index in [1.54, 1.807) is 43.3 Å². The minimum atomic E-state index is -1.05. The molecule has 39 heavy (non-hydrogen) atoms. The maximum Gasteiger partial charge on any atom is 0.336 e. The molecule has 7 heteroatoms. The lowest BCUT2D eigenvalue weighted by Gasteiger charge is -2.27. The van der Waals surface area contributed by atoms with Gasteiger partial charge >= 0.3 is 5.97 Å². The molecule has 3 aromatic rings. The van der Waals surface area contributed by atoms with Crippen LogP contribution in [0, 0.1) is 6.92 Å². The lowest BCUT2D eigenvalue weighted by Crippen LogP contribution is -2.23. The van der Waals surface area contributed by atoms with Crippen LogP contribution in [0.4, 0.5) is 11.4 Å². The Labute approximate surface area is 225 Å². The van der Waals surface area contributed by atoms with E-state index < -0.39 is 5.97 Å². The zero-order chi connectivity index (χ0) is 27.3. The molecule has 0 saturated carbocycles. The van der Waals surface area contributed by atoms with Gasteiger partial charge in [-0.25, -0.2) is 4.79 Å². The SMILES string of the molecule is Cc1cc2c(-c3ccccc3C(=O)O)c3ccc(=O)c(CNc4cccc5c4NC(C)CC5)c-3oc2cc1O. The number of carbonyl (C=O) groups is 1. The van der Waals surface area contributed by atoms with Gasteiger partial charge < -0.3 is 25.3 Å². The van der Waals surface area contributed by atoms with Crippen molar-refractivity contribution in [2.75, 3.05) is 10.6 Å². The standard InChI is InChI=1S/C32H28N2O5/c1-17-14-23-28(15-27(17)36)39-31-22(29(23)20-7-3-4-8-21(20)32(37)38)12-13-26(35)24(31)16-33-25-9-5-6-19-11-10-18(2)34-30(19)25/h3-9,12-15,18,33-34,36H,10-11,16H2,1-2H3,(H,37,38). The largest absolute Gasteiger partial charge is 0.508 e. The summed E-state index contributed by atoms with van der Waals surface area (Å²) >= 11 is 0. The highest BCUT2D eigenvalue weighted by Crippen LogP contribution is 2.44. The Bertz CT molecular complexity index is 1790. The highest BCUT2D eigenvalue weighted by molar-refractivity contribution is 6.08. The summed E-state index contributed by atoms with van der Waals surface area (Å²) in [5.41, 5.74) is 6.30. The zero-order valence-electron chi connectivity index (χ0n) is 21.7. The molecule has 1 unspecified atom stereocenters. The maximum absolute atomic E-state index is 13.2. The third-order valence-electron chi connectivity index (χ3n) is 7.54. The smallest absolute Gasteiger partial charge is 0.336 e. The first-order chi connectivity index (χ1) is 18.8. The number of nitrogens with one attached hydrogen (secondary N) is 2. The fourth-order valence-electron chi connectivity index (χ4n) is 5.48. The van der Waals surface area contributed by atoms with Gasteiger partial charge in [-0.05, 0) is 73.7 Å². The topological polar surface area (TPSA) is 112 Å². The van der Waals surface area contributed by atoms with Crippen LogP contribution in [0.15, 0.2) is 75.9 Å². The molecule has 3 aromatic carbocycles. The Kier molecular flexibility index (Phi) is 5.99. The van der Waals surface area contributed by atoms with Gasteiger partial charge in [0, 0.05) is 35.2 Å². The molecule has 0 bridgehead atoms. The van der Waals surface area contributed by atoms with E-state index in [2.05, 4.69) is 23.6 Å². The number of aromatic carboxylic acids is 1. The second-order valence-electron chi connectivity index (χ2n) is 10.2. The van der Waals surface area contributed by atoms with Crippen LogP contribution in [-0.2, 0) is 13.0 Å². The molecule has 0 saturated heterocycles. The number of aryl methyl sites for hydroxylation is 2. The molecule has 6 rings (SSSR count). The summed E-state index contributed by atoms with van der Waals surface area (Å²) in [6.45, 7) is 4.13. The predicted molar refractivity (Wildman–Crippen MR) is 153 cm³/mol. The van der Waals surface area contributed by atoms with E-state index in [1.807, 2.05) is 12.1 Å². The van der Waals surface area contributed by atoms with Gasteiger partial charge in [0.05, 0.1) is 22.5 Å². The summed E-state index contributed by atoms with van der Waals surface area (Å²) in [7, 11) is 0. The molecule has 0 spiro atoms.